The molecule has 4 nitrogen and oxygen atoms in total. The molecule has 1 aliphatic rings. The number of H-pyrrole nitrogens is 1. The summed E-state index contributed by atoms with van der Waals surface area (Å²) in [6, 6.07) is 8.24. The Morgan fingerprint density at radius 1 is 1.11 bits per heavy atom. The Morgan fingerprint density at radius 2 is 2.00 bits per heavy atom. The van der Waals surface area contributed by atoms with Crippen molar-refractivity contribution in [3.8, 4) is 11.4 Å². The number of aromatic amines is 1. The molecule has 0 saturated carbocycles. The zero-order chi connectivity index (χ0) is 11.9. The van der Waals surface area contributed by atoms with E-state index in [-0.39, 0.29) is 0 Å². The van der Waals surface area contributed by atoms with Crippen molar-refractivity contribution in [2.75, 3.05) is 11.9 Å². The predicted molar refractivity (Wildman–Crippen MR) is 71.5 cm³/mol. The van der Waals surface area contributed by atoms with Crippen LogP contribution in [0.4, 0.5) is 5.69 Å². The van der Waals surface area contributed by atoms with E-state index in [1.807, 2.05) is 12.1 Å². The third-order valence-corrected chi connectivity index (χ3v) is 3.37. The van der Waals surface area contributed by atoms with Crippen LogP contribution in [-0.4, -0.2) is 21.5 Å². The molecule has 18 heavy (non-hydrogen) atoms. The van der Waals surface area contributed by atoms with E-state index in [1.54, 1.807) is 12.4 Å². The van der Waals surface area contributed by atoms with Gasteiger partial charge in [0.1, 0.15) is 5.82 Å². The lowest BCUT2D eigenvalue weighted by Crippen LogP contribution is -1.90. The molecule has 0 spiro atoms. The molecule has 1 aliphatic heterocycles. The Morgan fingerprint density at radius 3 is 2.89 bits per heavy atom. The number of hydrogen-bond donors (Lipinski definition) is 2. The van der Waals surface area contributed by atoms with E-state index in [0.29, 0.717) is 0 Å². The third kappa shape index (κ3) is 1.39. The van der Waals surface area contributed by atoms with Crippen LogP contribution in [0.5, 0.6) is 0 Å². The summed E-state index contributed by atoms with van der Waals surface area (Å²) < 4.78 is 0. The molecule has 2 aromatic heterocycles. The summed E-state index contributed by atoms with van der Waals surface area (Å²) in [6.45, 7) is 1.03. The highest BCUT2D eigenvalue weighted by atomic mass is 14.9. The van der Waals surface area contributed by atoms with Gasteiger partial charge in [-0.25, -0.2) is 4.98 Å². The normalized spacial score (nSPS) is 13.6. The molecular formula is C14H12N4. The zero-order valence-electron chi connectivity index (χ0n) is 9.77. The van der Waals surface area contributed by atoms with Crippen molar-refractivity contribution < 1.29 is 0 Å². The molecule has 0 saturated heterocycles. The lowest BCUT2D eigenvalue weighted by Gasteiger charge is -1.97. The van der Waals surface area contributed by atoms with Gasteiger partial charge in [-0.1, -0.05) is 0 Å². The van der Waals surface area contributed by atoms with Gasteiger partial charge in [0, 0.05) is 30.2 Å². The molecule has 88 valence electrons. The number of anilines is 1. The van der Waals surface area contributed by atoms with Gasteiger partial charge in [-0.2, -0.15) is 0 Å². The molecule has 0 bridgehead atoms. The minimum Gasteiger partial charge on any atom is -0.384 e. The van der Waals surface area contributed by atoms with Crippen molar-refractivity contribution in [3.63, 3.8) is 0 Å². The van der Waals surface area contributed by atoms with Crippen LogP contribution in [0.1, 0.15) is 5.56 Å². The first-order chi connectivity index (χ1) is 8.90. The zero-order valence-corrected chi connectivity index (χ0v) is 9.77. The van der Waals surface area contributed by atoms with E-state index in [4.69, 9.17) is 0 Å². The Bertz CT molecular complexity index is 674. The van der Waals surface area contributed by atoms with Crippen molar-refractivity contribution in [1.82, 2.24) is 15.0 Å². The smallest absolute Gasteiger partial charge is 0.138 e. The van der Waals surface area contributed by atoms with Gasteiger partial charge in [0.15, 0.2) is 0 Å². The van der Waals surface area contributed by atoms with Gasteiger partial charge in [0.25, 0.3) is 0 Å². The van der Waals surface area contributed by atoms with Crippen molar-refractivity contribution in [1.29, 1.82) is 0 Å². The van der Waals surface area contributed by atoms with Crippen molar-refractivity contribution >= 4 is 16.7 Å². The Hall–Kier alpha value is -2.36. The molecule has 3 heterocycles. The summed E-state index contributed by atoms with van der Waals surface area (Å²) >= 11 is 0. The first-order valence-electron chi connectivity index (χ1n) is 6.07. The minimum absolute atomic E-state index is 0.899. The number of rotatable bonds is 1. The number of imidazole rings is 1. The van der Waals surface area contributed by atoms with Crippen LogP contribution < -0.4 is 5.32 Å². The Kier molecular flexibility index (Phi) is 1.91. The fourth-order valence-electron chi connectivity index (χ4n) is 2.45. The van der Waals surface area contributed by atoms with Gasteiger partial charge < -0.3 is 10.3 Å². The van der Waals surface area contributed by atoms with E-state index in [0.717, 1.165) is 35.4 Å². The van der Waals surface area contributed by atoms with Crippen LogP contribution in [0.25, 0.3) is 22.4 Å². The van der Waals surface area contributed by atoms with Gasteiger partial charge in [0.05, 0.1) is 11.0 Å². The minimum atomic E-state index is 0.899. The lowest BCUT2D eigenvalue weighted by atomic mass is 10.1. The summed E-state index contributed by atoms with van der Waals surface area (Å²) in [6.07, 6.45) is 4.66. The highest BCUT2D eigenvalue weighted by Gasteiger charge is 2.13. The number of nitrogens with one attached hydrogen (secondary N) is 2. The first kappa shape index (κ1) is 9.65. The van der Waals surface area contributed by atoms with Crippen molar-refractivity contribution in [2.45, 2.75) is 6.42 Å². The quantitative estimate of drug-likeness (QED) is 0.682. The van der Waals surface area contributed by atoms with Crippen LogP contribution in [0.15, 0.2) is 36.7 Å². The van der Waals surface area contributed by atoms with E-state index in [1.165, 1.54) is 11.3 Å². The molecule has 4 heteroatoms. The monoisotopic (exact) mass is 236 g/mol. The van der Waals surface area contributed by atoms with E-state index < -0.39 is 0 Å². The SMILES string of the molecule is c1cc(-c2nc3cc4c(cc3[nH]2)CCN4)ccn1. The standard InChI is InChI=1S/C14H12N4/c1-4-15-5-2-9(1)14-17-12-7-10-3-6-16-11(10)8-13(12)18-14/h1-2,4-5,7-8,16H,3,6H2,(H,17,18). The summed E-state index contributed by atoms with van der Waals surface area (Å²) in [7, 11) is 0. The van der Waals surface area contributed by atoms with E-state index in [9.17, 15) is 0 Å². The van der Waals surface area contributed by atoms with Gasteiger partial charge in [-0.3, -0.25) is 4.98 Å². The number of benzene rings is 1. The summed E-state index contributed by atoms with van der Waals surface area (Å²) in [5.74, 6) is 0.899. The second-order valence-electron chi connectivity index (χ2n) is 4.52. The molecule has 1 aromatic carbocycles. The maximum absolute atomic E-state index is 4.64. The second kappa shape index (κ2) is 3.57. The van der Waals surface area contributed by atoms with Gasteiger partial charge in [-0.05, 0) is 36.2 Å². The number of fused-ring (bicyclic) bond motifs is 2. The maximum atomic E-state index is 4.64. The number of nitrogens with zero attached hydrogens (tertiary/aromatic N) is 2. The Labute approximate surface area is 104 Å². The van der Waals surface area contributed by atoms with E-state index in [2.05, 4.69) is 32.4 Å². The van der Waals surface area contributed by atoms with Gasteiger partial charge in [-0.15, -0.1) is 0 Å². The predicted octanol–water partition coefficient (Wildman–Crippen LogP) is 2.59. The van der Waals surface area contributed by atoms with Crippen LogP contribution in [-0.2, 0) is 6.42 Å². The average molecular weight is 236 g/mol. The van der Waals surface area contributed by atoms with Crippen LogP contribution >= 0.6 is 0 Å². The molecular weight excluding hydrogens is 224 g/mol. The number of aromatic nitrogens is 3. The summed E-state index contributed by atoms with van der Waals surface area (Å²) in [4.78, 5) is 12.0. The fraction of sp³-hybridized carbons (Fsp3) is 0.143. The largest absolute Gasteiger partial charge is 0.384 e. The topological polar surface area (TPSA) is 53.6 Å². The van der Waals surface area contributed by atoms with Crippen LogP contribution in [0.2, 0.25) is 0 Å². The lowest BCUT2D eigenvalue weighted by molar-refractivity contribution is 1.11. The average Bonchev–Trinajstić information content (AvgIpc) is 3.01. The van der Waals surface area contributed by atoms with Crippen molar-refractivity contribution in [3.05, 3.63) is 42.2 Å². The number of pyridine rings is 1. The molecule has 4 rings (SSSR count). The molecule has 2 N–H and O–H groups in total. The third-order valence-electron chi connectivity index (χ3n) is 3.37. The molecule has 0 atom stereocenters. The first-order valence-corrected chi connectivity index (χ1v) is 6.07. The highest BCUT2D eigenvalue weighted by molar-refractivity contribution is 5.85. The molecule has 0 radical (unpaired) electrons. The Balaban J connectivity index is 1.90. The van der Waals surface area contributed by atoms with Crippen molar-refractivity contribution in [2.24, 2.45) is 0 Å². The van der Waals surface area contributed by atoms with Gasteiger partial charge in [0.2, 0.25) is 0 Å². The fourth-order valence-corrected chi connectivity index (χ4v) is 2.45. The highest BCUT2D eigenvalue weighted by Crippen LogP contribution is 2.28. The second-order valence-corrected chi connectivity index (χ2v) is 4.52. The molecule has 0 fully saturated rings. The summed E-state index contributed by atoms with van der Waals surface area (Å²) in [5.41, 5.74) is 5.76. The molecule has 0 aliphatic carbocycles. The van der Waals surface area contributed by atoms with Crippen LogP contribution in [0, 0.1) is 0 Å². The molecule has 0 unspecified atom stereocenters. The number of hydrogen-bond acceptors (Lipinski definition) is 3. The summed E-state index contributed by atoms with van der Waals surface area (Å²) in [5, 5.41) is 3.38. The molecule has 0 amide bonds. The maximum Gasteiger partial charge on any atom is 0.138 e. The van der Waals surface area contributed by atoms with Gasteiger partial charge >= 0.3 is 0 Å². The van der Waals surface area contributed by atoms with E-state index >= 15 is 0 Å². The molecule has 3 aromatic rings. The van der Waals surface area contributed by atoms with Crippen LogP contribution in [0.3, 0.4) is 0 Å².